The van der Waals surface area contributed by atoms with E-state index in [0.717, 1.165) is 30.4 Å². The van der Waals surface area contributed by atoms with Gasteiger partial charge in [0.2, 0.25) is 0 Å². The number of rotatable bonds is 17. The van der Waals surface area contributed by atoms with Gasteiger partial charge in [0.05, 0.1) is 12.5 Å². The average Bonchev–Trinajstić information content (AvgIpc) is 2.99. The maximum Gasteiger partial charge on any atom is 0.424 e. The van der Waals surface area contributed by atoms with Crippen molar-refractivity contribution >= 4 is 24.2 Å². The van der Waals surface area contributed by atoms with E-state index in [-0.39, 0.29) is 26.2 Å². The predicted molar refractivity (Wildman–Crippen MR) is 178 cm³/mol. The average molecular weight is 657 g/mol. The molecule has 0 saturated heterocycles. The maximum atomic E-state index is 13.0. The zero-order chi connectivity index (χ0) is 34.7. The first-order valence-electron chi connectivity index (χ1n) is 16.1. The lowest BCUT2D eigenvalue weighted by Gasteiger charge is -2.30. The summed E-state index contributed by atoms with van der Waals surface area (Å²) < 4.78 is 21.6. The van der Waals surface area contributed by atoms with E-state index in [2.05, 4.69) is 16.1 Å². The number of carbonyl (C=O) groups is 4. The number of hydrogen-bond donors (Lipinski definition) is 3. The lowest BCUT2D eigenvalue weighted by atomic mass is 10.2. The maximum absolute atomic E-state index is 13.0. The molecule has 0 heterocycles. The summed E-state index contributed by atoms with van der Waals surface area (Å²) in [5.74, 6) is -0.516. The number of nitrogens with one attached hydrogen (secondary N) is 3. The largest absolute Gasteiger partial charge is 0.461 e. The molecule has 0 saturated carbocycles. The van der Waals surface area contributed by atoms with E-state index >= 15 is 0 Å². The molecule has 0 aliphatic carbocycles. The summed E-state index contributed by atoms with van der Waals surface area (Å²) in [6.07, 6.45) is 1.10. The lowest BCUT2D eigenvalue weighted by molar-refractivity contribution is -0.145. The van der Waals surface area contributed by atoms with E-state index in [0.29, 0.717) is 19.5 Å². The van der Waals surface area contributed by atoms with Gasteiger partial charge < -0.3 is 29.6 Å². The molecule has 3 amide bonds. The van der Waals surface area contributed by atoms with Gasteiger partial charge in [-0.15, -0.1) is 0 Å². The number of unbranched alkanes of at least 4 members (excludes halogenated alkanes) is 3. The van der Waals surface area contributed by atoms with Crippen LogP contribution in [0.4, 0.5) is 14.4 Å². The minimum absolute atomic E-state index is 0.0357. The van der Waals surface area contributed by atoms with Gasteiger partial charge in [0.1, 0.15) is 24.4 Å². The smallest absolute Gasteiger partial charge is 0.424 e. The van der Waals surface area contributed by atoms with Crippen molar-refractivity contribution in [1.29, 1.82) is 0 Å². The van der Waals surface area contributed by atoms with Crippen LogP contribution in [0.1, 0.15) is 84.8 Å². The van der Waals surface area contributed by atoms with Crippen molar-refractivity contribution < 1.29 is 38.1 Å². The van der Waals surface area contributed by atoms with E-state index < -0.39 is 41.5 Å². The summed E-state index contributed by atoms with van der Waals surface area (Å²) in [4.78, 5) is 50.3. The second-order valence-corrected chi connectivity index (χ2v) is 13.1. The van der Waals surface area contributed by atoms with E-state index in [9.17, 15) is 19.2 Å². The van der Waals surface area contributed by atoms with Crippen molar-refractivity contribution in [3.05, 3.63) is 71.8 Å². The highest BCUT2D eigenvalue weighted by Gasteiger charge is 2.26. The molecule has 0 unspecified atom stereocenters. The molecule has 12 heteroatoms. The van der Waals surface area contributed by atoms with Gasteiger partial charge in [-0.2, -0.15) is 0 Å². The van der Waals surface area contributed by atoms with Crippen molar-refractivity contribution in [3.63, 3.8) is 0 Å². The molecule has 0 aromatic heterocycles. The van der Waals surface area contributed by atoms with Gasteiger partial charge in [0, 0.05) is 19.6 Å². The van der Waals surface area contributed by atoms with Crippen LogP contribution in [0.3, 0.4) is 0 Å². The molecule has 47 heavy (non-hydrogen) atoms. The summed E-state index contributed by atoms with van der Waals surface area (Å²) >= 11 is 0. The number of hydrazine groups is 1. The van der Waals surface area contributed by atoms with Crippen LogP contribution in [0.2, 0.25) is 0 Å². The van der Waals surface area contributed by atoms with E-state index in [1.807, 2.05) is 60.7 Å². The summed E-state index contributed by atoms with van der Waals surface area (Å²) in [6.45, 7) is 11.7. The molecule has 2 rings (SSSR count). The van der Waals surface area contributed by atoms with E-state index in [1.165, 1.54) is 5.01 Å². The van der Waals surface area contributed by atoms with Crippen LogP contribution in [-0.2, 0) is 37.0 Å². The van der Waals surface area contributed by atoms with Gasteiger partial charge in [-0.05, 0) is 65.5 Å². The standard InChI is InChI=1S/C35H52N4O8/c1-34(2,3)46-32(42)38-29(23-30(40)44-25-27-17-11-9-12-18-27)24-37-39(33(43)47-35(4,5)6)22-16-8-7-15-21-36-31(41)45-26-28-19-13-10-14-20-28/h9-14,17-20,29,37H,7-8,15-16,21-26H2,1-6H3,(H,36,41)(H,38,42)/t29-/m0/s1. The van der Waals surface area contributed by atoms with Gasteiger partial charge >= 0.3 is 24.2 Å². The zero-order valence-corrected chi connectivity index (χ0v) is 28.6. The highest BCUT2D eigenvalue weighted by atomic mass is 16.6. The SMILES string of the molecule is CC(C)(C)OC(=O)N[C@H](CNN(CCCCCCNC(=O)OCc1ccccc1)C(=O)OC(C)(C)C)CC(=O)OCc1ccccc1. The van der Waals surface area contributed by atoms with Crippen LogP contribution in [0.5, 0.6) is 0 Å². The molecule has 0 spiro atoms. The molecule has 1 atom stereocenters. The number of hydrogen-bond acceptors (Lipinski definition) is 9. The highest BCUT2D eigenvalue weighted by Crippen LogP contribution is 2.12. The van der Waals surface area contributed by atoms with Crippen LogP contribution in [0, 0.1) is 0 Å². The van der Waals surface area contributed by atoms with Crippen molar-refractivity contribution in [2.75, 3.05) is 19.6 Å². The monoisotopic (exact) mass is 656 g/mol. The summed E-state index contributed by atoms with van der Waals surface area (Å²) in [7, 11) is 0. The van der Waals surface area contributed by atoms with Crippen LogP contribution < -0.4 is 16.1 Å². The molecule has 260 valence electrons. The molecular formula is C35H52N4O8. The molecule has 2 aromatic carbocycles. The van der Waals surface area contributed by atoms with Gasteiger partial charge in [-0.25, -0.2) is 24.8 Å². The molecule has 0 fully saturated rings. The fourth-order valence-electron chi connectivity index (χ4n) is 4.13. The Morgan fingerprint density at radius 2 is 1.26 bits per heavy atom. The molecule has 0 aliphatic heterocycles. The molecule has 12 nitrogen and oxygen atoms in total. The van der Waals surface area contributed by atoms with Gasteiger partial charge in [0.15, 0.2) is 0 Å². The zero-order valence-electron chi connectivity index (χ0n) is 28.6. The first-order chi connectivity index (χ1) is 22.2. The van der Waals surface area contributed by atoms with Gasteiger partial charge in [-0.1, -0.05) is 73.5 Å². The van der Waals surface area contributed by atoms with E-state index in [1.54, 1.807) is 41.5 Å². The normalized spacial score (nSPS) is 12.0. The Kier molecular flexibility index (Phi) is 16.6. The molecule has 0 aliphatic rings. The quantitative estimate of drug-likeness (QED) is 0.0780. The van der Waals surface area contributed by atoms with Crippen LogP contribution in [0.25, 0.3) is 0 Å². The molecule has 3 N–H and O–H groups in total. The van der Waals surface area contributed by atoms with Gasteiger partial charge in [-0.3, -0.25) is 4.79 Å². The Morgan fingerprint density at radius 3 is 1.83 bits per heavy atom. The number of benzene rings is 2. The Balaban J connectivity index is 1.88. The third-order valence-corrected chi connectivity index (χ3v) is 6.31. The van der Waals surface area contributed by atoms with Crippen molar-refractivity contribution in [2.24, 2.45) is 0 Å². The van der Waals surface area contributed by atoms with Crippen molar-refractivity contribution in [1.82, 2.24) is 21.1 Å². The number of amides is 3. The Hall–Kier alpha value is -4.32. The van der Waals surface area contributed by atoms with Crippen molar-refractivity contribution in [2.45, 2.75) is 104 Å². The summed E-state index contributed by atoms with van der Waals surface area (Å²) in [5, 5.41) is 6.82. The minimum atomic E-state index is -0.745. The molecular weight excluding hydrogens is 604 g/mol. The lowest BCUT2D eigenvalue weighted by Crippen LogP contribution is -2.52. The van der Waals surface area contributed by atoms with E-state index in [4.69, 9.17) is 18.9 Å². The highest BCUT2D eigenvalue weighted by molar-refractivity contribution is 5.73. The molecule has 0 bridgehead atoms. The number of esters is 1. The molecule has 2 aromatic rings. The third kappa shape index (κ3) is 19.1. The number of ether oxygens (including phenoxy) is 4. The number of alkyl carbamates (subject to hydrolysis) is 2. The Morgan fingerprint density at radius 1 is 0.702 bits per heavy atom. The van der Waals surface area contributed by atoms with Crippen LogP contribution >= 0.6 is 0 Å². The minimum Gasteiger partial charge on any atom is -0.461 e. The van der Waals surface area contributed by atoms with Crippen molar-refractivity contribution in [3.8, 4) is 0 Å². The summed E-state index contributed by atoms with van der Waals surface area (Å²) in [5.41, 5.74) is 3.33. The fourth-order valence-corrected chi connectivity index (χ4v) is 4.13. The second kappa shape index (κ2) is 20.0. The second-order valence-electron chi connectivity index (χ2n) is 13.1. The topological polar surface area (TPSA) is 145 Å². The summed E-state index contributed by atoms with van der Waals surface area (Å²) in [6, 6.07) is 18.0. The van der Waals surface area contributed by atoms with Crippen LogP contribution in [-0.4, -0.2) is 66.1 Å². The Bertz CT molecular complexity index is 1230. The predicted octanol–water partition coefficient (Wildman–Crippen LogP) is 6.24. The number of nitrogens with zero attached hydrogens (tertiary/aromatic N) is 1. The first-order valence-corrected chi connectivity index (χ1v) is 16.1. The molecule has 0 radical (unpaired) electrons. The fraction of sp³-hybridized carbons (Fsp3) is 0.543. The Labute approximate surface area is 278 Å². The van der Waals surface area contributed by atoms with Gasteiger partial charge in [0.25, 0.3) is 0 Å². The third-order valence-electron chi connectivity index (χ3n) is 6.31. The van der Waals surface area contributed by atoms with Crippen LogP contribution in [0.15, 0.2) is 60.7 Å². The number of carbonyl (C=O) groups excluding carboxylic acids is 4. The first kappa shape index (κ1) is 38.9.